The predicted molar refractivity (Wildman–Crippen MR) is 77.8 cm³/mol. The second kappa shape index (κ2) is 5.50. The third-order valence-electron chi connectivity index (χ3n) is 3.87. The molecule has 1 aromatic rings. The van der Waals surface area contributed by atoms with Gasteiger partial charge in [-0.2, -0.15) is 0 Å². The summed E-state index contributed by atoms with van der Waals surface area (Å²) in [5, 5.41) is 3.52. The van der Waals surface area contributed by atoms with Gasteiger partial charge < -0.3 is 14.2 Å². The number of azide groups is 1. The summed E-state index contributed by atoms with van der Waals surface area (Å²) in [6.07, 6.45) is -0.912. The maximum Gasteiger partial charge on any atom is 0.330 e. The first-order valence-corrected chi connectivity index (χ1v) is 7.16. The van der Waals surface area contributed by atoms with E-state index >= 15 is 0 Å². The van der Waals surface area contributed by atoms with Crippen molar-refractivity contribution in [1.29, 1.82) is 0 Å². The highest BCUT2D eigenvalue weighted by atomic mass is 16.8. The van der Waals surface area contributed by atoms with Crippen LogP contribution < -0.4 is 11.2 Å². The van der Waals surface area contributed by atoms with Crippen LogP contribution in [-0.4, -0.2) is 40.2 Å². The van der Waals surface area contributed by atoms with Gasteiger partial charge in [0.2, 0.25) is 0 Å². The minimum atomic E-state index is -0.840. The van der Waals surface area contributed by atoms with Crippen molar-refractivity contribution in [2.75, 3.05) is 6.54 Å². The zero-order valence-corrected chi connectivity index (χ0v) is 12.9. The van der Waals surface area contributed by atoms with Gasteiger partial charge in [-0.25, -0.2) is 4.79 Å². The molecule has 2 aliphatic rings. The zero-order valence-electron chi connectivity index (χ0n) is 12.9. The Morgan fingerprint density at radius 1 is 1.39 bits per heavy atom. The molecule has 0 amide bonds. The summed E-state index contributed by atoms with van der Waals surface area (Å²) >= 11 is 0. The highest BCUT2D eigenvalue weighted by Gasteiger charge is 2.55. The summed E-state index contributed by atoms with van der Waals surface area (Å²) in [5.41, 5.74) is 7.83. The molecule has 2 saturated heterocycles. The zero-order chi connectivity index (χ0) is 16.8. The number of H-pyrrole nitrogens is 1. The van der Waals surface area contributed by atoms with Gasteiger partial charge in [0.25, 0.3) is 5.56 Å². The lowest BCUT2D eigenvalue weighted by molar-refractivity contribution is -0.196. The van der Waals surface area contributed by atoms with E-state index in [4.69, 9.17) is 19.7 Å². The highest BCUT2D eigenvalue weighted by molar-refractivity contribution is 5.04. The summed E-state index contributed by atoms with van der Waals surface area (Å²) in [5.74, 6) is -0.840. The third kappa shape index (κ3) is 2.77. The molecule has 0 saturated carbocycles. The summed E-state index contributed by atoms with van der Waals surface area (Å²) in [7, 11) is 0. The van der Waals surface area contributed by atoms with Gasteiger partial charge in [-0.3, -0.25) is 14.3 Å². The largest absolute Gasteiger partial charge is 0.349 e. The average molecular weight is 323 g/mol. The molecule has 23 heavy (non-hydrogen) atoms. The average Bonchev–Trinajstić information content (AvgIpc) is 2.94. The standard InChI is InChI=1S/C13H17N5O5/c1-6-5-18(12(20)16-10(6)19)11-9-8(22-13(2,3)23-9)7(21-11)4-15-17-14/h5,7-9,11H,4H2,1-3H3,(H,16,19,20)/t7-,8-,9-,11-/m1/s1. The van der Waals surface area contributed by atoms with E-state index in [0.717, 1.165) is 0 Å². The number of aryl methyl sites for hydroxylation is 1. The van der Waals surface area contributed by atoms with E-state index < -0.39 is 41.6 Å². The van der Waals surface area contributed by atoms with Crippen LogP contribution in [0.2, 0.25) is 0 Å². The van der Waals surface area contributed by atoms with Crippen molar-refractivity contribution in [2.45, 2.75) is 51.1 Å². The number of ether oxygens (including phenoxy) is 3. The third-order valence-corrected chi connectivity index (χ3v) is 3.87. The predicted octanol–water partition coefficient (Wildman–Crippen LogP) is 0.573. The molecule has 0 bridgehead atoms. The Balaban J connectivity index is 1.99. The van der Waals surface area contributed by atoms with Crippen LogP contribution in [0.25, 0.3) is 10.4 Å². The fourth-order valence-corrected chi connectivity index (χ4v) is 2.92. The lowest BCUT2D eigenvalue weighted by atomic mass is 10.1. The smallest absolute Gasteiger partial charge is 0.330 e. The van der Waals surface area contributed by atoms with Crippen molar-refractivity contribution in [3.8, 4) is 0 Å². The van der Waals surface area contributed by atoms with E-state index in [1.807, 2.05) is 0 Å². The first-order chi connectivity index (χ1) is 10.8. The molecule has 2 aliphatic heterocycles. The van der Waals surface area contributed by atoms with E-state index in [2.05, 4.69) is 15.0 Å². The summed E-state index contributed by atoms with van der Waals surface area (Å²) in [4.78, 5) is 28.6. The van der Waals surface area contributed by atoms with Crippen molar-refractivity contribution in [3.63, 3.8) is 0 Å². The van der Waals surface area contributed by atoms with Gasteiger partial charge in [-0.15, -0.1) is 0 Å². The number of hydrogen-bond acceptors (Lipinski definition) is 6. The van der Waals surface area contributed by atoms with Crippen molar-refractivity contribution in [1.82, 2.24) is 9.55 Å². The van der Waals surface area contributed by atoms with Gasteiger partial charge in [0.15, 0.2) is 12.0 Å². The van der Waals surface area contributed by atoms with Crippen LogP contribution in [0.5, 0.6) is 0 Å². The molecule has 3 heterocycles. The Labute approximate surface area is 130 Å². The SMILES string of the molecule is Cc1cn([C@@H]2O[C@H](CN=[N+]=[N-])[C@H]3OC(C)(C)O[C@H]32)c(=O)[nH]c1=O. The van der Waals surface area contributed by atoms with Crippen molar-refractivity contribution in [2.24, 2.45) is 5.11 Å². The van der Waals surface area contributed by atoms with Gasteiger partial charge in [-0.05, 0) is 26.3 Å². The molecular weight excluding hydrogens is 306 g/mol. The van der Waals surface area contributed by atoms with Gasteiger partial charge in [0, 0.05) is 16.7 Å². The van der Waals surface area contributed by atoms with Crippen molar-refractivity contribution < 1.29 is 14.2 Å². The number of aromatic nitrogens is 2. The van der Waals surface area contributed by atoms with Crippen LogP contribution >= 0.6 is 0 Å². The van der Waals surface area contributed by atoms with Gasteiger partial charge in [-0.1, -0.05) is 5.11 Å². The van der Waals surface area contributed by atoms with E-state index in [1.54, 1.807) is 20.8 Å². The first-order valence-electron chi connectivity index (χ1n) is 7.16. The minimum Gasteiger partial charge on any atom is -0.349 e. The monoisotopic (exact) mass is 323 g/mol. The molecule has 2 fully saturated rings. The fraction of sp³-hybridized carbons (Fsp3) is 0.692. The normalized spacial score (nSPS) is 31.6. The van der Waals surface area contributed by atoms with E-state index in [1.165, 1.54) is 10.8 Å². The first kappa shape index (κ1) is 15.8. The molecule has 0 radical (unpaired) electrons. The molecule has 0 aliphatic carbocycles. The van der Waals surface area contributed by atoms with E-state index in [9.17, 15) is 9.59 Å². The number of aromatic amines is 1. The molecule has 0 aromatic carbocycles. The van der Waals surface area contributed by atoms with Gasteiger partial charge >= 0.3 is 5.69 Å². The number of rotatable bonds is 3. The van der Waals surface area contributed by atoms with Gasteiger partial charge in [0.05, 0.1) is 12.6 Å². The summed E-state index contributed by atoms with van der Waals surface area (Å²) in [6.45, 7) is 5.17. The number of fused-ring (bicyclic) bond motifs is 1. The Bertz CT molecular complexity index is 778. The molecule has 3 rings (SSSR count). The van der Waals surface area contributed by atoms with Crippen LogP contribution in [0.15, 0.2) is 20.9 Å². The van der Waals surface area contributed by atoms with Crippen LogP contribution in [0.1, 0.15) is 25.6 Å². The van der Waals surface area contributed by atoms with Crippen molar-refractivity contribution in [3.05, 3.63) is 43.0 Å². The van der Waals surface area contributed by atoms with E-state index in [0.29, 0.717) is 5.56 Å². The Kier molecular flexibility index (Phi) is 3.77. The maximum atomic E-state index is 12.1. The Morgan fingerprint density at radius 2 is 2.09 bits per heavy atom. The topological polar surface area (TPSA) is 131 Å². The molecule has 0 unspecified atom stereocenters. The Hall–Kier alpha value is -2.13. The van der Waals surface area contributed by atoms with Gasteiger partial charge in [0.1, 0.15) is 12.2 Å². The number of nitrogens with one attached hydrogen (secondary N) is 1. The quantitative estimate of drug-likeness (QED) is 0.493. The van der Waals surface area contributed by atoms with Crippen LogP contribution in [-0.2, 0) is 14.2 Å². The number of hydrogen-bond donors (Lipinski definition) is 1. The van der Waals surface area contributed by atoms with Crippen LogP contribution in [0, 0.1) is 6.92 Å². The molecule has 10 heteroatoms. The molecule has 0 spiro atoms. The number of nitrogens with zero attached hydrogens (tertiary/aromatic N) is 4. The summed E-state index contributed by atoms with van der Waals surface area (Å²) in [6, 6.07) is 0. The second-order valence-electron chi connectivity index (χ2n) is 6.02. The molecular formula is C13H17N5O5. The van der Waals surface area contributed by atoms with Crippen LogP contribution in [0.4, 0.5) is 0 Å². The maximum absolute atomic E-state index is 12.1. The second-order valence-corrected chi connectivity index (χ2v) is 6.02. The van der Waals surface area contributed by atoms with E-state index in [-0.39, 0.29) is 6.54 Å². The molecule has 124 valence electrons. The molecule has 1 aromatic heterocycles. The molecule has 10 nitrogen and oxygen atoms in total. The van der Waals surface area contributed by atoms with Crippen molar-refractivity contribution >= 4 is 0 Å². The molecule has 1 N–H and O–H groups in total. The minimum absolute atomic E-state index is 0.0602. The lowest BCUT2D eigenvalue weighted by Gasteiger charge is -2.24. The lowest BCUT2D eigenvalue weighted by Crippen LogP contribution is -2.38. The summed E-state index contributed by atoms with van der Waals surface area (Å²) < 4.78 is 18.7. The van der Waals surface area contributed by atoms with Crippen LogP contribution in [0.3, 0.4) is 0 Å². The fourth-order valence-electron chi connectivity index (χ4n) is 2.92. The Morgan fingerprint density at radius 3 is 2.78 bits per heavy atom. The molecule has 4 atom stereocenters. The highest BCUT2D eigenvalue weighted by Crippen LogP contribution is 2.42.